The Morgan fingerprint density at radius 2 is 1.95 bits per heavy atom. The number of carbonyl (C=O) groups excluding carboxylic acids is 1. The van der Waals surface area contributed by atoms with Crippen LogP contribution >= 0.6 is 0 Å². The third kappa shape index (κ3) is 4.79. The van der Waals surface area contributed by atoms with Gasteiger partial charge in [0.25, 0.3) is 0 Å². The van der Waals surface area contributed by atoms with Crippen molar-refractivity contribution in [3.05, 3.63) is 42.0 Å². The van der Waals surface area contributed by atoms with Gasteiger partial charge in [0.2, 0.25) is 0 Å². The van der Waals surface area contributed by atoms with Gasteiger partial charge in [0.15, 0.2) is 0 Å². The van der Waals surface area contributed by atoms with Crippen LogP contribution in [0.4, 0.5) is 4.79 Å². The van der Waals surface area contributed by atoms with Crippen LogP contribution in [0.1, 0.15) is 26.3 Å². The molecule has 1 aromatic rings. The molecule has 0 saturated carbocycles. The normalized spacial score (nSPS) is 18.2. The monoisotopic (exact) mass is 303 g/mol. The van der Waals surface area contributed by atoms with E-state index in [2.05, 4.69) is 18.2 Å². The van der Waals surface area contributed by atoms with E-state index < -0.39 is 5.60 Å². The first kappa shape index (κ1) is 16.4. The van der Waals surface area contributed by atoms with Gasteiger partial charge in [-0.1, -0.05) is 24.3 Å². The maximum atomic E-state index is 12.1. The van der Waals surface area contributed by atoms with Crippen LogP contribution < -0.4 is 4.74 Å². The van der Waals surface area contributed by atoms with Crippen LogP contribution in [0, 0.1) is 5.92 Å². The molecule has 0 spiro atoms. The van der Waals surface area contributed by atoms with E-state index in [9.17, 15) is 4.79 Å². The zero-order valence-electron chi connectivity index (χ0n) is 13.8. The first-order chi connectivity index (χ1) is 10.4. The van der Waals surface area contributed by atoms with E-state index >= 15 is 0 Å². The van der Waals surface area contributed by atoms with Crippen molar-refractivity contribution in [3.8, 4) is 5.75 Å². The predicted octanol–water partition coefficient (Wildman–Crippen LogP) is 3.66. The molecule has 1 atom stereocenters. The molecule has 0 saturated heterocycles. The number of hydrogen-bond acceptors (Lipinski definition) is 3. The van der Waals surface area contributed by atoms with E-state index in [1.807, 2.05) is 39.0 Å². The highest BCUT2D eigenvalue weighted by Gasteiger charge is 2.25. The number of rotatable bonds is 3. The molecule has 0 bridgehead atoms. The highest BCUT2D eigenvalue weighted by molar-refractivity contribution is 5.68. The number of ether oxygens (including phenoxy) is 2. The van der Waals surface area contributed by atoms with Gasteiger partial charge in [-0.3, -0.25) is 0 Å². The molecule has 22 heavy (non-hydrogen) atoms. The van der Waals surface area contributed by atoms with Gasteiger partial charge in [-0.15, -0.1) is 0 Å². The Morgan fingerprint density at radius 1 is 1.27 bits per heavy atom. The molecule has 120 valence electrons. The Morgan fingerprint density at radius 3 is 2.55 bits per heavy atom. The minimum Gasteiger partial charge on any atom is -0.497 e. The Kier molecular flexibility index (Phi) is 5.11. The fourth-order valence-corrected chi connectivity index (χ4v) is 2.47. The van der Waals surface area contributed by atoms with E-state index in [0.29, 0.717) is 19.0 Å². The van der Waals surface area contributed by atoms with Gasteiger partial charge in [-0.2, -0.15) is 0 Å². The summed E-state index contributed by atoms with van der Waals surface area (Å²) in [6.45, 7) is 6.98. The summed E-state index contributed by atoms with van der Waals surface area (Å²) in [6.07, 6.45) is 4.89. The Bertz CT molecular complexity index is 528. The summed E-state index contributed by atoms with van der Waals surface area (Å²) in [5.41, 5.74) is 0.783. The molecule has 0 aliphatic carbocycles. The van der Waals surface area contributed by atoms with Gasteiger partial charge < -0.3 is 14.4 Å². The molecule has 0 aromatic heterocycles. The zero-order chi connectivity index (χ0) is 16.2. The highest BCUT2D eigenvalue weighted by atomic mass is 16.6. The lowest BCUT2D eigenvalue weighted by molar-refractivity contribution is 0.0244. The van der Waals surface area contributed by atoms with E-state index in [-0.39, 0.29) is 6.09 Å². The quantitative estimate of drug-likeness (QED) is 0.800. The van der Waals surface area contributed by atoms with Crippen molar-refractivity contribution in [2.24, 2.45) is 5.92 Å². The van der Waals surface area contributed by atoms with Crippen LogP contribution in [-0.2, 0) is 11.2 Å². The lowest BCUT2D eigenvalue weighted by Gasteiger charge is -2.31. The summed E-state index contributed by atoms with van der Waals surface area (Å²) < 4.78 is 10.6. The minimum atomic E-state index is -0.455. The third-order valence-electron chi connectivity index (χ3n) is 3.50. The first-order valence-electron chi connectivity index (χ1n) is 7.65. The molecule has 1 unspecified atom stereocenters. The first-order valence-corrected chi connectivity index (χ1v) is 7.65. The van der Waals surface area contributed by atoms with Gasteiger partial charge in [-0.05, 0) is 50.8 Å². The molecule has 2 rings (SSSR count). The number of hydrogen-bond donors (Lipinski definition) is 0. The second kappa shape index (κ2) is 6.86. The third-order valence-corrected chi connectivity index (χ3v) is 3.50. The van der Waals surface area contributed by atoms with Crippen molar-refractivity contribution in [1.29, 1.82) is 0 Å². The molecule has 1 aliphatic rings. The summed E-state index contributed by atoms with van der Waals surface area (Å²) in [5.74, 6) is 1.17. The lowest BCUT2D eigenvalue weighted by atomic mass is 9.96. The maximum Gasteiger partial charge on any atom is 0.410 e. The van der Waals surface area contributed by atoms with Crippen LogP contribution in [0.25, 0.3) is 0 Å². The van der Waals surface area contributed by atoms with Gasteiger partial charge in [-0.25, -0.2) is 4.79 Å². The van der Waals surface area contributed by atoms with Crippen LogP contribution in [0.2, 0.25) is 0 Å². The van der Waals surface area contributed by atoms with Crippen LogP contribution in [-0.4, -0.2) is 36.8 Å². The van der Waals surface area contributed by atoms with Gasteiger partial charge in [0.1, 0.15) is 11.4 Å². The van der Waals surface area contributed by atoms with Gasteiger partial charge in [0, 0.05) is 13.1 Å². The van der Waals surface area contributed by atoms with Crippen molar-refractivity contribution in [1.82, 2.24) is 4.90 Å². The molecule has 1 amide bonds. The predicted molar refractivity (Wildman–Crippen MR) is 87.1 cm³/mol. The summed E-state index contributed by atoms with van der Waals surface area (Å²) >= 11 is 0. The Hall–Kier alpha value is -1.97. The Labute approximate surface area is 132 Å². The average Bonchev–Trinajstić information content (AvgIpc) is 2.46. The topological polar surface area (TPSA) is 38.8 Å². The average molecular weight is 303 g/mol. The molecule has 0 radical (unpaired) electrons. The van der Waals surface area contributed by atoms with E-state index in [4.69, 9.17) is 9.47 Å². The second-order valence-electron chi connectivity index (χ2n) is 6.63. The molecule has 1 heterocycles. The fraction of sp³-hybridized carbons (Fsp3) is 0.500. The van der Waals surface area contributed by atoms with Crippen LogP contribution in [0.3, 0.4) is 0 Å². The molecule has 0 fully saturated rings. The molecular formula is C18H25NO3. The lowest BCUT2D eigenvalue weighted by Crippen LogP contribution is -2.41. The van der Waals surface area contributed by atoms with E-state index in [0.717, 1.165) is 12.2 Å². The summed E-state index contributed by atoms with van der Waals surface area (Å²) in [5, 5.41) is 0. The molecular weight excluding hydrogens is 278 g/mol. The largest absolute Gasteiger partial charge is 0.497 e. The maximum absolute atomic E-state index is 12.1. The number of nitrogens with zero attached hydrogens (tertiary/aromatic N) is 1. The standard InChI is InChI=1S/C18H25NO3/c1-18(2,3)22-17(20)19-11-5-6-15(13-19)12-14-7-9-16(21-4)10-8-14/h5-10,15H,11-13H2,1-4H3. The number of benzene rings is 1. The van der Waals surface area contributed by atoms with Crippen molar-refractivity contribution >= 4 is 6.09 Å². The van der Waals surface area contributed by atoms with Crippen molar-refractivity contribution in [2.75, 3.05) is 20.2 Å². The molecule has 4 heteroatoms. The Balaban J connectivity index is 1.94. The summed E-state index contributed by atoms with van der Waals surface area (Å²) in [4.78, 5) is 13.9. The second-order valence-corrected chi connectivity index (χ2v) is 6.63. The highest BCUT2D eigenvalue weighted by Crippen LogP contribution is 2.20. The van der Waals surface area contributed by atoms with Crippen molar-refractivity contribution in [2.45, 2.75) is 32.8 Å². The van der Waals surface area contributed by atoms with Gasteiger partial charge >= 0.3 is 6.09 Å². The summed E-state index contributed by atoms with van der Waals surface area (Å²) in [7, 11) is 1.66. The molecule has 0 N–H and O–H groups in total. The van der Waals surface area contributed by atoms with E-state index in [1.54, 1.807) is 12.0 Å². The smallest absolute Gasteiger partial charge is 0.410 e. The van der Waals surface area contributed by atoms with E-state index in [1.165, 1.54) is 5.56 Å². The molecule has 1 aromatic carbocycles. The number of methoxy groups -OCH3 is 1. The van der Waals surface area contributed by atoms with Crippen LogP contribution in [0.15, 0.2) is 36.4 Å². The SMILES string of the molecule is COc1ccc(CC2C=CCN(C(=O)OC(C)(C)C)C2)cc1. The zero-order valence-corrected chi connectivity index (χ0v) is 13.8. The fourth-order valence-electron chi connectivity index (χ4n) is 2.47. The number of carbonyl (C=O) groups is 1. The molecule has 1 aliphatic heterocycles. The number of amides is 1. The molecule has 4 nitrogen and oxygen atoms in total. The minimum absolute atomic E-state index is 0.239. The van der Waals surface area contributed by atoms with Crippen molar-refractivity contribution < 1.29 is 14.3 Å². The van der Waals surface area contributed by atoms with Gasteiger partial charge in [0.05, 0.1) is 7.11 Å². The summed E-state index contributed by atoms with van der Waals surface area (Å²) in [6, 6.07) is 8.07. The van der Waals surface area contributed by atoms with Crippen LogP contribution in [0.5, 0.6) is 5.75 Å². The van der Waals surface area contributed by atoms with Crippen molar-refractivity contribution in [3.63, 3.8) is 0 Å².